The molecule has 1 saturated heterocycles. The number of amides is 1. The van der Waals surface area contributed by atoms with Crippen molar-refractivity contribution < 1.29 is 14.1 Å². The number of likely N-dealkylation sites (tertiary alicyclic amines) is 1. The summed E-state index contributed by atoms with van der Waals surface area (Å²) in [4.78, 5) is 33.7. The number of carbonyl (C=O) groups excluding carboxylic acids is 1. The Kier molecular flexibility index (Phi) is 6.74. The van der Waals surface area contributed by atoms with Crippen LogP contribution < -0.4 is 0 Å². The summed E-state index contributed by atoms with van der Waals surface area (Å²) in [5, 5.41) is 10.7. The van der Waals surface area contributed by atoms with Crippen molar-refractivity contribution in [2.24, 2.45) is 0 Å². The number of benzene rings is 1. The predicted molar refractivity (Wildman–Crippen MR) is 132 cm³/mol. The third-order valence-corrected chi connectivity index (χ3v) is 6.41. The second kappa shape index (κ2) is 10.4. The Hall–Kier alpha value is -4.47. The summed E-state index contributed by atoms with van der Waals surface area (Å²) in [7, 11) is 0. The summed E-state index contributed by atoms with van der Waals surface area (Å²) < 4.78 is 9.37. The van der Waals surface area contributed by atoms with Crippen LogP contribution in [0.25, 0.3) is 6.08 Å². The van der Waals surface area contributed by atoms with Crippen LogP contribution in [0.4, 0.5) is 5.88 Å². The number of hydrogen-bond acceptors (Lipinski definition) is 6. The van der Waals surface area contributed by atoms with Crippen LogP contribution >= 0.6 is 0 Å². The van der Waals surface area contributed by atoms with Crippen LogP contribution in [-0.2, 0) is 17.9 Å². The van der Waals surface area contributed by atoms with Gasteiger partial charge in [0.15, 0.2) is 0 Å². The molecule has 5 rings (SSSR count). The number of piperidine rings is 1. The lowest BCUT2D eigenvalue weighted by Gasteiger charge is -2.31. The summed E-state index contributed by atoms with van der Waals surface area (Å²) >= 11 is 0. The summed E-state index contributed by atoms with van der Waals surface area (Å²) in [6, 6.07) is 13.0. The number of imidazole rings is 2. The topological polar surface area (TPSA) is 112 Å². The molecule has 36 heavy (non-hydrogen) atoms. The molecule has 0 bridgehead atoms. The third-order valence-electron chi connectivity index (χ3n) is 6.41. The molecule has 0 unspecified atom stereocenters. The molecule has 1 amide bonds. The summed E-state index contributed by atoms with van der Waals surface area (Å²) in [6.45, 7) is 2.62. The van der Waals surface area contributed by atoms with Gasteiger partial charge in [0.2, 0.25) is 5.91 Å². The average molecular weight is 487 g/mol. The van der Waals surface area contributed by atoms with E-state index in [2.05, 4.69) is 31.2 Å². The van der Waals surface area contributed by atoms with E-state index in [1.807, 2.05) is 43.0 Å². The highest BCUT2D eigenvalue weighted by molar-refractivity contribution is 5.91. The van der Waals surface area contributed by atoms with Gasteiger partial charge >= 0.3 is 5.88 Å². The molecular formula is C26H26N6O4. The van der Waals surface area contributed by atoms with E-state index < -0.39 is 4.92 Å². The van der Waals surface area contributed by atoms with Crippen LogP contribution in [0.5, 0.6) is 0 Å². The molecule has 10 heteroatoms. The molecule has 0 radical (unpaired) electrons. The number of furan rings is 1. The first-order valence-corrected chi connectivity index (χ1v) is 11.8. The van der Waals surface area contributed by atoms with Gasteiger partial charge in [-0.05, 0) is 30.5 Å². The Labute approximate surface area is 207 Å². The quantitative estimate of drug-likeness (QED) is 0.211. The van der Waals surface area contributed by atoms with E-state index in [1.54, 1.807) is 4.90 Å². The summed E-state index contributed by atoms with van der Waals surface area (Å²) in [5.41, 5.74) is 1.22. The summed E-state index contributed by atoms with van der Waals surface area (Å²) in [5.74, 6) is 2.01. The molecule has 184 valence electrons. The summed E-state index contributed by atoms with van der Waals surface area (Å²) in [6.07, 6.45) is 12.1. The Morgan fingerprint density at radius 1 is 1.03 bits per heavy atom. The lowest BCUT2D eigenvalue weighted by Crippen LogP contribution is -2.37. The molecule has 4 heterocycles. The first-order valence-electron chi connectivity index (χ1n) is 11.8. The minimum atomic E-state index is -0.607. The molecule has 1 fully saturated rings. The molecule has 0 spiro atoms. The molecular weight excluding hydrogens is 460 g/mol. The number of nitrogens with zero attached hydrogens (tertiary/aromatic N) is 6. The van der Waals surface area contributed by atoms with Crippen LogP contribution in [-0.4, -0.2) is 47.9 Å². The van der Waals surface area contributed by atoms with Crippen molar-refractivity contribution in [3.8, 4) is 0 Å². The van der Waals surface area contributed by atoms with Gasteiger partial charge in [-0.25, -0.2) is 9.97 Å². The van der Waals surface area contributed by atoms with Crippen molar-refractivity contribution in [1.82, 2.24) is 24.0 Å². The molecule has 1 aliphatic heterocycles. The fraction of sp³-hybridized carbons (Fsp3) is 0.269. The van der Waals surface area contributed by atoms with Gasteiger partial charge in [0, 0.05) is 56.4 Å². The van der Waals surface area contributed by atoms with Crippen LogP contribution in [0, 0.1) is 10.1 Å². The second-order valence-electron chi connectivity index (χ2n) is 8.74. The van der Waals surface area contributed by atoms with Gasteiger partial charge in [-0.3, -0.25) is 14.9 Å². The lowest BCUT2D eigenvalue weighted by atomic mass is 9.95. The standard InChI is InChI=1S/C26H26N6O4/c33-24(8-6-22-7-9-25(36-22)32(34)35)29-14-10-21(11-15-29)26-28-13-17-31(26)19-23-27-12-16-30(23)18-20-4-2-1-3-5-20/h1-9,12-13,16-17,21H,10-11,14-15,18-19H2/b8-6+. The highest BCUT2D eigenvalue weighted by Crippen LogP contribution is 2.27. The highest BCUT2D eigenvalue weighted by atomic mass is 16.6. The third kappa shape index (κ3) is 5.27. The van der Waals surface area contributed by atoms with Gasteiger partial charge in [0.1, 0.15) is 22.3 Å². The van der Waals surface area contributed by atoms with E-state index in [4.69, 9.17) is 4.42 Å². The Morgan fingerprint density at radius 3 is 2.53 bits per heavy atom. The largest absolute Gasteiger partial charge is 0.433 e. The van der Waals surface area contributed by atoms with Crippen molar-refractivity contribution in [2.75, 3.05) is 13.1 Å². The van der Waals surface area contributed by atoms with Gasteiger partial charge in [-0.15, -0.1) is 0 Å². The second-order valence-corrected chi connectivity index (χ2v) is 8.74. The molecule has 3 aromatic heterocycles. The molecule has 0 atom stereocenters. The van der Waals surface area contributed by atoms with Crippen molar-refractivity contribution in [2.45, 2.75) is 31.8 Å². The maximum absolute atomic E-state index is 12.6. The molecule has 0 aliphatic carbocycles. The molecule has 10 nitrogen and oxygen atoms in total. The molecule has 1 aliphatic rings. The van der Waals surface area contributed by atoms with Crippen molar-refractivity contribution >= 4 is 17.9 Å². The van der Waals surface area contributed by atoms with Gasteiger partial charge in [-0.2, -0.15) is 0 Å². The number of aromatic nitrogens is 4. The Balaban J connectivity index is 1.19. The lowest BCUT2D eigenvalue weighted by molar-refractivity contribution is -0.402. The maximum Gasteiger partial charge on any atom is 0.433 e. The van der Waals surface area contributed by atoms with Gasteiger partial charge in [0.05, 0.1) is 12.6 Å². The van der Waals surface area contributed by atoms with E-state index in [-0.39, 0.29) is 23.5 Å². The first kappa shape index (κ1) is 23.3. The van der Waals surface area contributed by atoms with Crippen LogP contribution in [0.3, 0.4) is 0 Å². The fourth-order valence-electron chi connectivity index (χ4n) is 4.53. The molecule has 4 aromatic rings. The van der Waals surface area contributed by atoms with E-state index in [0.29, 0.717) is 19.6 Å². The fourth-order valence-corrected chi connectivity index (χ4v) is 4.53. The van der Waals surface area contributed by atoms with Crippen molar-refractivity contribution in [1.29, 1.82) is 0 Å². The molecule has 0 saturated carbocycles. The maximum atomic E-state index is 12.6. The SMILES string of the molecule is O=C(/C=C/c1ccc([N+](=O)[O-])o1)N1CCC(c2nccn2Cc2nccn2Cc2ccccc2)CC1. The monoisotopic (exact) mass is 486 g/mol. The molecule has 0 N–H and O–H groups in total. The van der Waals surface area contributed by atoms with E-state index in [0.717, 1.165) is 31.0 Å². The number of carbonyl (C=O) groups is 1. The molecule has 1 aromatic carbocycles. The highest BCUT2D eigenvalue weighted by Gasteiger charge is 2.26. The smallest absolute Gasteiger partial charge is 0.401 e. The number of nitro groups is 1. The van der Waals surface area contributed by atoms with Crippen LogP contribution in [0.1, 0.15) is 41.7 Å². The van der Waals surface area contributed by atoms with Crippen molar-refractivity contribution in [3.05, 3.63) is 106 Å². The zero-order valence-corrected chi connectivity index (χ0v) is 19.6. The van der Waals surface area contributed by atoms with E-state index >= 15 is 0 Å². The number of rotatable bonds is 8. The van der Waals surface area contributed by atoms with Gasteiger partial charge in [-0.1, -0.05) is 30.3 Å². The van der Waals surface area contributed by atoms with E-state index in [1.165, 1.54) is 29.8 Å². The van der Waals surface area contributed by atoms with Crippen LogP contribution in [0.2, 0.25) is 0 Å². The van der Waals surface area contributed by atoms with E-state index in [9.17, 15) is 14.9 Å². The minimum absolute atomic E-state index is 0.140. The van der Waals surface area contributed by atoms with Crippen molar-refractivity contribution in [3.63, 3.8) is 0 Å². The number of hydrogen-bond donors (Lipinski definition) is 0. The average Bonchev–Trinajstić information content (AvgIpc) is 3.66. The predicted octanol–water partition coefficient (Wildman–Crippen LogP) is 4.10. The zero-order valence-electron chi connectivity index (χ0n) is 19.6. The Bertz CT molecular complexity index is 1360. The van der Waals surface area contributed by atoms with Gasteiger partial charge < -0.3 is 18.5 Å². The zero-order chi connectivity index (χ0) is 24.9. The first-order chi connectivity index (χ1) is 17.6. The Morgan fingerprint density at radius 2 is 1.78 bits per heavy atom. The minimum Gasteiger partial charge on any atom is -0.401 e. The van der Waals surface area contributed by atoms with Gasteiger partial charge in [0.25, 0.3) is 0 Å². The normalized spacial score (nSPS) is 14.5. The van der Waals surface area contributed by atoms with Crippen LogP contribution in [0.15, 0.2) is 77.7 Å².